The van der Waals surface area contributed by atoms with Gasteiger partial charge in [-0.15, -0.1) is 0 Å². The van der Waals surface area contributed by atoms with Gasteiger partial charge in [-0.25, -0.2) is 9.97 Å². The maximum absolute atomic E-state index is 5.37. The first kappa shape index (κ1) is 33.9. The van der Waals surface area contributed by atoms with Gasteiger partial charge < -0.3 is 4.57 Å². The van der Waals surface area contributed by atoms with Crippen molar-refractivity contribution >= 4 is 54.5 Å². The van der Waals surface area contributed by atoms with E-state index in [9.17, 15) is 0 Å². The highest BCUT2D eigenvalue weighted by Crippen LogP contribution is 2.39. The lowest BCUT2D eigenvalue weighted by Crippen LogP contribution is -2.03. The number of hydrogen-bond acceptors (Lipinski definition) is 3. The van der Waals surface area contributed by atoms with Gasteiger partial charge >= 0.3 is 0 Å². The second-order valence-electron chi connectivity index (χ2n) is 15.3. The van der Waals surface area contributed by atoms with E-state index in [2.05, 4.69) is 203 Å². The van der Waals surface area contributed by atoms with Crippen LogP contribution in [0.4, 0.5) is 0 Å². The molecule has 0 atom stereocenters. The van der Waals surface area contributed by atoms with Crippen molar-refractivity contribution in [2.75, 3.05) is 0 Å². The van der Waals surface area contributed by atoms with Crippen LogP contribution in [-0.4, -0.2) is 24.1 Å². The highest BCUT2D eigenvalue weighted by Gasteiger charge is 2.19. The average molecular weight is 766 g/mol. The van der Waals surface area contributed by atoms with Crippen LogP contribution in [0.25, 0.3) is 111 Å². The Balaban J connectivity index is 0.969. The highest BCUT2D eigenvalue weighted by molar-refractivity contribution is 6.12. The van der Waals surface area contributed by atoms with E-state index in [0.29, 0.717) is 5.95 Å². The Morgan fingerprint density at radius 2 is 0.883 bits per heavy atom. The van der Waals surface area contributed by atoms with Gasteiger partial charge in [0.2, 0.25) is 5.95 Å². The number of aromatic nitrogens is 5. The zero-order valence-electron chi connectivity index (χ0n) is 32.4. The van der Waals surface area contributed by atoms with Crippen molar-refractivity contribution in [3.8, 4) is 56.4 Å². The third-order valence-corrected chi connectivity index (χ3v) is 11.8. The van der Waals surface area contributed by atoms with E-state index in [-0.39, 0.29) is 0 Å². The van der Waals surface area contributed by atoms with Gasteiger partial charge in [0.25, 0.3) is 0 Å². The van der Waals surface area contributed by atoms with Crippen LogP contribution in [0.2, 0.25) is 0 Å². The Kier molecular flexibility index (Phi) is 7.78. The van der Waals surface area contributed by atoms with Crippen molar-refractivity contribution in [3.05, 3.63) is 212 Å². The molecule has 0 bridgehead atoms. The molecule has 60 heavy (non-hydrogen) atoms. The van der Waals surface area contributed by atoms with E-state index in [0.717, 1.165) is 83.2 Å². The largest absolute Gasteiger partial charge is 0.309 e. The number of pyridine rings is 1. The van der Waals surface area contributed by atoms with Gasteiger partial charge in [-0.1, -0.05) is 152 Å². The minimum Gasteiger partial charge on any atom is -0.309 e. The molecule has 4 heterocycles. The maximum Gasteiger partial charge on any atom is 0.235 e. The third kappa shape index (κ3) is 5.52. The molecule has 0 aliphatic rings. The summed E-state index contributed by atoms with van der Waals surface area (Å²) in [6.45, 7) is 0. The lowest BCUT2D eigenvalue weighted by Gasteiger charge is -2.12. The van der Waals surface area contributed by atoms with Crippen LogP contribution < -0.4 is 0 Å². The van der Waals surface area contributed by atoms with E-state index in [1.165, 1.54) is 21.8 Å². The molecule has 280 valence electrons. The molecule has 0 fully saturated rings. The van der Waals surface area contributed by atoms with Crippen molar-refractivity contribution in [2.24, 2.45) is 0 Å². The van der Waals surface area contributed by atoms with Crippen molar-refractivity contribution in [3.63, 3.8) is 0 Å². The van der Waals surface area contributed by atoms with Crippen molar-refractivity contribution < 1.29 is 0 Å². The van der Waals surface area contributed by atoms with Crippen LogP contribution in [0.5, 0.6) is 0 Å². The molecule has 5 heteroatoms. The fraction of sp³-hybridized carbons (Fsp3) is 0. The predicted octanol–water partition coefficient (Wildman–Crippen LogP) is 13.9. The molecule has 0 saturated heterocycles. The Bertz CT molecular complexity index is 3570. The van der Waals surface area contributed by atoms with Gasteiger partial charge in [-0.05, 0) is 71.3 Å². The number of hydrogen-bond donors (Lipinski definition) is 0. The molecule has 0 aliphatic heterocycles. The summed E-state index contributed by atoms with van der Waals surface area (Å²) in [5, 5.41) is 5.80. The zero-order chi connectivity index (χ0) is 39.6. The Morgan fingerprint density at radius 3 is 1.65 bits per heavy atom. The van der Waals surface area contributed by atoms with Crippen molar-refractivity contribution in [2.45, 2.75) is 0 Å². The van der Waals surface area contributed by atoms with Gasteiger partial charge in [0, 0.05) is 55.5 Å². The van der Waals surface area contributed by atoms with Crippen LogP contribution in [0.15, 0.2) is 212 Å². The van der Waals surface area contributed by atoms with Crippen molar-refractivity contribution in [1.29, 1.82) is 0 Å². The summed E-state index contributed by atoms with van der Waals surface area (Å²) >= 11 is 0. The lowest BCUT2D eigenvalue weighted by molar-refractivity contribution is 1.01. The van der Waals surface area contributed by atoms with E-state index in [1.807, 2.05) is 18.3 Å². The summed E-state index contributed by atoms with van der Waals surface area (Å²) in [4.78, 5) is 15.4. The molecule has 0 spiro atoms. The summed E-state index contributed by atoms with van der Waals surface area (Å²) in [6, 6.07) is 73.0. The first-order valence-electron chi connectivity index (χ1n) is 20.3. The minimum absolute atomic E-state index is 0.638. The number of rotatable bonds is 6. The minimum atomic E-state index is 0.638. The quantitative estimate of drug-likeness (QED) is 0.169. The Morgan fingerprint density at radius 1 is 0.317 bits per heavy atom. The summed E-state index contributed by atoms with van der Waals surface area (Å²) < 4.78 is 4.59. The van der Waals surface area contributed by atoms with Gasteiger partial charge in [0.1, 0.15) is 0 Å². The van der Waals surface area contributed by atoms with Crippen LogP contribution in [0.1, 0.15) is 0 Å². The average Bonchev–Trinajstić information content (AvgIpc) is 3.84. The fourth-order valence-electron chi connectivity index (χ4n) is 8.92. The molecule has 0 amide bonds. The SMILES string of the molecule is c1ccc(-c2ccc(-c3ccc(-c4nc(-n5c6ccccc6c6cc(-c7ccc8c9ccccc9n(-c9ccccc9)c8c7)ccc65)nc5ccccc45)cc3)nc2)cc1. The van der Waals surface area contributed by atoms with E-state index in [1.54, 1.807) is 0 Å². The molecule has 0 aliphatic carbocycles. The van der Waals surface area contributed by atoms with E-state index < -0.39 is 0 Å². The second kappa shape index (κ2) is 13.8. The van der Waals surface area contributed by atoms with E-state index >= 15 is 0 Å². The molecule has 5 nitrogen and oxygen atoms in total. The standard InChI is InChI=1S/C55H35N5/c1-3-13-36(14-4-1)41-28-31-48(56-35-41)37-23-25-38(26-24-37)54-46-19-7-10-20-49(46)57-55(58-54)60-51-22-12-9-18-44(51)47-33-39(29-32-52(47)60)40-27-30-45-43-17-8-11-21-50(43)59(53(45)34-40)42-15-5-2-6-16-42/h1-35H. The van der Waals surface area contributed by atoms with Crippen molar-refractivity contribution in [1.82, 2.24) is 24.1 Å². The summed E-state index contributed by atoms with van der Waals surface area (Å²) in [5.41, 5.74) is 15.0. The number of para-hydroxylation sites is 4. The molecule has 0 N–H and O–H groups in total. The molecular weight excluding hydrogens is 731 g/mol. The third-order valence-electron chi connectivity index (χ3n) is 11.8. The molecule has 0 saturated carbocycles. The van der Waals surface area contributed by atoms with Gasteiger partial charge in [0.05, 0.1) is 39.0 Å². The zero-order valence-corrected chi connectivity index (χ0v) is 32.4. The Labute approximate surface area is 346 Å². The van der Waals surface area contributed by atoms with Crippen LogP contribution in [-0.2, 0) is 0 Å². The van der Waals surface area contributed by atoms with Crippen LogP contribution >= 0.6 is 0 Å². The number of nitrogens with zero attached hydrogens (tertiary/aromatic N) is 5. The molecule has 4 aromatic heterocycles. The number of benzene rings is 8. The maximum atomic E-state index is 5.37. The topological polar surface area (TPSA) is 48.5 Å². The van der Waals surface area contributed by atoms with Crippen LogP contribution in [0, 0.1) is 0 Å². The smallest absolute Gasteiger partial charge is 0.235 e. The summed E-state index contributed by atoms with van der Waals surface area (Å²) in [6.07, 6.45) is 1.95. The predicted molar refractivity (Wildman–Crippen MR) is 248 cm³/mol. The monoisotopic (exact) mass is 765 g/mol. The number of fused-ring (bicyclic) bond motifs is 7. The molecular formula is C55H35N5. The summed E-state index contributed by atoms with van der Waals surface area (Å²) in [5.74, 6) is 0.638. The molecule has 12 aromatic rings. The second-order valence-corrected chi connectivity index (χ2v) is 15.3. The van der Waals surface area contributed by atoms with Gasteiger partial charge in [0.15, 0.2) is 0 Å². The molecule has 0 radical (unpaired) electrons. The first-order valence-corrected chi connectivity index (χ1v) is 20.3. The lowest BCUT2D eigenvalue weighted by atomic mass is 10.0. The summed E-state index contributed by atoms with van der Waals surface area (Å²) in [7, 11) is 0. The van der Waals surface area contributed by atoms with E-state index in [4.69, 9.17) is 15.0 Å². The Hall–Kier alpha value is -8.15. The highest BCUT2D eigenvalue weighted by atomic mass is 15.2. The first-order chi connectivity index (χ1) is 29.7. The normalized spacial score (nSPS) is 11.7. The van der Waals surface area contributed by atoms with Gasteiger partial charge in [-0.3, -0.25) is 9.55 Å². The van der Waals surface area contributed by atoms with Gasteiger partial charge in [-0.2, -0.15) is 0 Å². The molecule has 12 rings (SSSR count). The molecule has 0 unspecified atom stereocenters. The fourth-order valence-corrected chi connectivity index (χ4v) is 8.92. The van der Waals surface area contributed by atoms with Crippen LogP contribution in [0.3, 0.4) is 0 Å². The molecule has 8 aromatic carbocycles.